The maximum atomic E-state index is 12.7. The summed E-state index contributed by atoms with van der Waals surface area (Å²) in [5.74, 6) is -2.35. The summed E-state index contributed by atoms with van der Waals surface area (Å²) < 4.78 is 16.2. The first-order valence-electron chi connectivity index (χ1n) is 12.5. The molecule has 0 saturated heterocycles. The van der Waals surface area contributed by atoms with Crippen LogP contribution in [0.1, 0.15) is 119 Å². The van der Waals surface area contributed by atoms with E-state index in [1.165, 1.54) is 0 Å². The van der Waals surface area contributed by atoms with Crippen LogP contribution in [0.5, 0.6) is 0 Å². The van der Waals surface area contributed by atoms with E-state index in [1.54, 1.807) is 0 Å². The van der Waals surface area contributed by atoms with Crippen LogP contribution in [0.25, 0.3) is 0 Å². The van der Waals surface area contributed by atoms with Crippen molar-refractivity contribution in [1.29, 1.82) is 0 Å². The van der Waals surface area contributed by atoms with Crippen LogP contribution in [-0.4, -0.2) is 25.2 Å². The second-order valence-electron chi connectivity index (χ2n) is 8.34. The van der Waals surface area contributed by atoms with Gasteiger partial charge in [0.15, 0.2) is 0 Å². The van der Waals surface area contributed by atoms with Crippen molar-refractivity contribution in [3.63, 3.8) is 0 Å². The summed E-state index contributed by atoms with van der Waals surface area (Å²) in [7, 11) is -1.62. The van der Waals surface area contributed by atoms with Gasteiger partial charge in [-0.3, -0.25) is 14.4 Å². The van der Waals surface area contributed by atoms with Crippen molar-refractivity contribution in [2.75, 3.05) is 0 Å². The van der Waals surface area contributed by atoms with E-state index in [1.807, 2.05) is 20.8 Å². The van der Waals surface area contributed by atoms with E-state index in [-0.39, 0.29) is 47.3 Å². The Balaban J connectivity index is 0. The maximum Gasteiger partial charge on any atom is 1.00 e. The number of hydrogen-bond donors (Lipinski definition) is 0. The summed E-state index contributed by atoms with van der Waals surface area (Å²) in [6.07, 6.45) is 9.59. The Morgan fingerprint density at radius 1 is 0.562 bits per heavy atom. The zero-order chi connectivity index (χ0) is 23.6. The Morgan fingerprint density at radius 2 is 0.812 bits per heavy atom. The van der Waals surface area contributed by atoms with Crippen molar-refractivity contribution in [2.45, 2.75) is 119 Å². The van der Waals surface area contributed by atoms with Gasteiger partial charge in [-0.25, -0.2) is 0 Å². The van der Waals surface area contributed by atoms with Crippen LogP contribution in [0.3, 0.4) is 0 Å². The summed E-state index contributed by atoms with van der Waals surface area (Å²) in [5, 5.41) is 0. The van der Waals surface area contributed by atoms with Gasteiger partial charge in [0.2, 0.25) is 0 Å². The monoisotopic (exact) mass is 463 g/mol. The second kappa shape index (κ2) is 21.0. The van der Waals surface area contributed by atoms with E-state index < -0.39 is 25.2 Å². The van der Waals surface area contributed by atoms with Gasteiger partial charge in [-0.15, -0.1) is 0 Å². The molecule has 1 radical (unpaired) electrons. The molecule has 0 fully saturated rings. The molecule has 3 atom stereocenters. The molecule has 3 unspecified atom stereocenters. The van der Waals surface area contributed by atoms with Crippen molar-refractivity contribution < 1.29 is 57.9 Å². The van der Waals surface area contributed by atoms with Crippen LogP contribution in [0.4, 0.5) is 0 Å². The predicted octanol–water partition coefficient (Wildman–Crippen LogP) is 3.25. The zero-order valence-corrected chi connectivity index (χ0v) is 23.7. The summed E-state index contributed by atoms with van der Waals surface area (Å²) in [6.45, 7) is 11.9. The molecule has 0 aromatic rings. The van der Waals surface area contributed by atoms with E-state index in [0.717, 1.165) is 38.5 Å². The first-order chi connectivity index (χ1) is 14.9. The minimum Gasteiger partial charge on any atom is -0.642 e. The van der Waals surface area contributed by atoms with Gasteiger partial charge in [0.1, 0.15) is 0 Å². The van der Waals surface area contributed by atoms with Crippen LogP contribution in [0, 0.1) is 17.8 Å². The van der Waals surface area contributed by atoms with Crippen LogP contribution in [0.2, 0.25) is 0 Å². The van der Waals surface area contributed by atoms with Crippen molar-refractivity contribution in [2.24, 2.45) is 17.8 Å². The molecule has 0 aromatic carbocycles. The fraction of sp³-hybridized carbons (Fsp3) is 0.875. The van der Waals surface area contributed by atoms with Gasteiger partial charge in [-0.1, -0.05) is 80.1 Å². The largest absolute Gasteiger partial charge is 1.00 e. The number of carbonyl (C=O) groups is 3. The molecule has 0 spiro atoms. The summed E-state index contributed by atoms with van der Waals surface area (Å²) >= 11 is 0. The minimum atomic E-state index is -1.62. The van der Waals surface area contributed by atoms with Crippen molar-refractivity contribution in [1.82, 2.24) is 0 Å². The molecule has 0 aromatic heterocycles. The van der Waals surface area contributed by atoms with Gasteiger partial charge in [0, 0.05) is 0 Å². The van der Waals surface area contributed by atoms with E-state index >= 15 is 0 Å². The number of hydrogen-bond acceptors (Lipinski definition) is 6. The van der Waals surface area contributed by atoms with E-state index in [0.29, 0.717) is 38.5 Å². The SMILES string of the molecule is CCCCC(CC)C(=O)O[B-](OC(=O)C(CC)CCCC)OC(=O)C(CC)CCCC.[Na+]. The summed E-state index contributed by atoms with van der Waals surface area (Å²) in [5.41, 5.74) is 0. The molecule has 181 valence electrons. The van der Waals surface area contributed by atoms with Crippen LogP contribution >= 0.6 is 0 Å². The standard InChI is InChI=1S/C24H45BO6.Na/c1-7-13-16-19(10-4)22(26)29-25(30-23(27)20(11-5)17-14-8-2)31-24(28)21(12-6)18-15-9-3;/h19-21H,7-18H2,1-6H3;/q-1;+1. The Morgan fingerprint density at radius 3 is 1.00 bits per heavy atom. The van der Waals surface area contributed by atoms with E-state index in [9.17, 15) is 14.4 Å². The Labute approximate surface area is 218 Å². The first kappa shape index (κ1) is 33.6. The van der Waals surface area contributed by atoms with Gasteiger partial charge >= 0.3 is 36.9 Å². The first-order valence-corrected chi connectivity index (χ1v) is 12.5. The van der Waals surface area contributed by atoms with Gasteiger partial charge in [-0.2, -0.15) is 0 Å². The van der Waals surface area contributed by atoms with Crippen LogP contribution in [0.15, 0.2) is 0 Å². The van der Waals surface area contributed by atoms with Crippen molar-refractivity contribution in [3.05, 3.63) is 0 Å². The summed E-state index contributed by atoms with van der Waals surface area (Å²) in [6, 6.07) is 0. The molecule has 6 nitrogen and oxygen atoms in total. The molecule has 0 N–H and O–H groups in total. The third-order valence-corrected chi connectivity index (χ3v) is 5.83. The molecule has 0 heterocycles. The van der Waals surface area contributed by atoms with Crippen molar-refractivity contribution >= 4 is 25.2 Å². The Bertz CT molecular complexity index is 445. The Hall–Kier alpha value is -0.525. The van der Waals surface area contributed by atoms with Crippen LogP contribution < -0.4 is 29.6 Å². The van der Waals surface area contributed by atoms with Crippen molar-refractivity contribution in [3.8, 4) is 0 Å². The maximum absolute atomic E-state index is 12.7. The van der Waals surface area contributed by atoms with Gasteiger partial charge in [0.05, 0.1) is 17.8 Å². The average Bonchev–Trinajstić information content (AvgIpc) is 2.75. The molecule has 32 heavy (non-hydrogen) atoms. The quantitative estimate of drug-likeness (QED) is 0.291. The molecule has 0 aliphatic heterocycles. The number of rotatable bonds is 18. The topological polar surface area (TPSA) is 78.9 Å². The average molecular weight is 463 g/mol. The third-order valence-electron chi connectivity index (χ3n) is 5.83. The smallest absolute Gasteiger partial charge is 0.642 e. The fourth-order valence-electron chi connectivity index (χ4n) is 3.46. The number of carbonyl (C=O) groups excluding carboxylic acids is 3. The minimum absolute atomic E-state index is 0. The van der Waals surface area contributed by atoms with Gasteiger partial charge in [-0.05, 0) is 38.5 Å². The zero-order valence-electron chi connectivity index (χ0n) is 21.7. The Kier molecular flexibility index (Phi) is 22.1. The molecule has 0 bridgehead atoms. The molecular weight excluding hydrogens is 418 g/mol. The molecule has 0 saturated carbocycles. The number of unbranched alkanes of at least 4 members (excludes halogenated alkanes) is 3. The van der Waals surface area contributed by atoms with E-state index in [2.05, 4.69) is 20.8 Å². The normalized spacial score (nSPS) is 13.6. The van der Waals surface area contributed by atoms with Gasteiger partial charge < -0.3 is 14.0 Å². The van der Waals surface area contributed by atoms with Gasteiger partial charge in [0.25, 0.3) is 17.9 Å². The molecule has 0 amide bonds. The molecule has 8 heteroatoms. The van der Waals surface area contributed by atoms with E-state index in [4.69, 9.17) is 14.0 Å². The molecule has 0 rings (SSSR count). The third kappa shape index (κ3) is 13.9. The summed E-state index contributed by atoms with van der Waals surface area (Å²) in [4.78, 5) is 38.0. The molecule has 0 aliphatic carbocycles. The predicted molar refractivity (Wildman–Crippen MR) is 124 cm³/mol. The second-order valence-corrected chi connectivity index (χ2v) is 8.34. The fourth-order valence-corrected chi connectivity index (χ4v) is 3.46. The van der Waals surface area contributed by atoms with Crippen LogP contribution in [-0.2, 0) is 28.3 Å². The molecular formula is C24H45BNaO6. The molecule has 0 aliphatic rings.